The minimum atomic E-state index is -0.536. The van der Waals surface area contributed by atoms with Gasteiger partial charge in [0, 0.05) is 18.0 Å². The Kier molecular flexibility index (Phi) is 4.99. The highest BCUT2D eigenvalue weighted by Crippen LogP contribution is 2.32. The van der Waals surface area contributed by atoms with Crippen LogP contribution in [0, 0.1) is 5.92 Å². The molecule has 23 heavy (non-hydrogen) atoms. The average Bonchev–Trinajstić information content (AvgIpc) is 2.95. The van der Waals surface area contributed by atoms with E-state index in [-0.39, 0.29) is 11.8 Å². The predicted octanol–water partition coefficient (Wildman–Crippen LogP) is 0.964. The Morgan fingerprint density at radius 3 is 3.00 bits per heavy atom. The van der Waals surface area contributed by atoms with Crippen LogP contribution in [-0.4, -0.2) is 49.6 Å². The highest BCUT2D eigenvalue weighted by atomic mass is 32.1. The van der Waals surface area contributed by atoms with Crippen LogP contribution in [0.15, 0.2) is 6.07 Å². The van der Waals surface area contributed by atoms with Crippen molar-refractivity contribution in [2.75, 3.05) is 26.7 Å². The summed E-state index contributed by atoms with van der Waals surface area (Å²) in [5.74, 6) is 0.113. The first kappa shape index (κ1) is 16.4. The molecule has 3 rings (SSSR count). The van der Waals surface area contributed by atoms with Gasteiger partial charge in [-0.25, -0.2) is 0 Å². The molecule has 6 nitrogen and oxygen atoms in total. The zero-order valence-corrected chi connectivity index (χ0v) is 14.4. The Bertz CT molecular complexity index is 601. The van der Waals surface area contributed by atoms with Gasteiger partial charge >= 0.3 is 0 Å². The van der Waals surface area contributed by atoms with Crippen LogP contribution in [0.3, 0.4) is 0 Å². The third-order valence-corrected chi connectivity index (χ3v) is 5.65. The van der Waals surface area contributed by atoms with Crippen molar-refractivity contribution < 1.29 is 14.3 Å². The molecular formula is C16H23N3O3S. The molecule has 1 aliphatic carbocycles. The van der Waals surface area contributed by atoms with E-state index in [2.05, 4.69) is 17.8 Å². The van der Waals surface area contributed by atoms with E-state index >= 15 is 0 Å². The molecule has 0 radical (unpaired) electrons. The van der Waals surface area contributed by atoms with Crippen LogP contribution >= 0.6 is 11.3 Å². The summed E-state index contributed by atoms with van der Waals surface area (Å²) in [6.07, 6.45) is 2.72. The van der Waals surface area contributed by atoms with Gasteiger partial charge in [-0.05, 0) is 43.9 Å². The van der Waals surface area contributed by atoms with Gasteiger partial charge in [-0.2, -0.15) is 0 Å². The largest absolute Gasteiger partial charge is 0.366 e. The Hall–Kier alpha value is -1.44. The third kappa shape index (κ3) is 3.91. The number of hydrogen-bond acceptors (Lipinski definition) is 5. The number of hydrazine groups is 1. The maximum atomic E-state index is 12.2. The van der Waals surface area contributed by atoms with Crippen molar-refractivity contribution >= 4 is 23.2 Å². The number of morpholine rings is 1. The van der Waals surface area contributed by atoms with Crippen molar-refractivity contribution in [1.82, 2.24) is 15.8 Å². The molecule has 0 spiro atoms. The number of nitrogens with zero attached hydrogens (tertiary/aromatic N) is 1. The van der Waals surface area contributed by atoms with Crippen LogP contribution in [0.2, 0.25) is 0 Å². The van der Waals surface area contributed by atoms with Crippen molar-refractivity contribution in [3.63, 3.8) is 0 Å². The maximum Gasteiger partial charge on any atom is 0.279 e. The van der Waals surface area contributed by atoms with Gasteiger partial charge in [-0.3, -0.25) is 20.4 Å². The number of carbonyl (C=O) groups is 2. The molecule has 1 aliphatic heterocycles. The zero-order valence-electron chi connectivity index (χ0n) is 13.6. The van der Waals surface area contributed by atoms with E-state index in [0.29, 0.717) is 23.9 Å². The predicted molar refractivity (Wildman–Crippen MR) is 88.4 cm³/mol. The molecule has 1 aromatic heterocycles. The van der Waals surface area contributed by atoms with Crippen LogP contribution in [0.1, 0.15) is 33.5 Å². The zero-order chi connectivity index (χ0) is 16.4. The molecule has 0 bridgehead atoms. The van der Waals surface area contributed by atoms with Gasteiger partial charge in [0.05, 0.1) is 11.5 Å². The highest BCUT2D eigenvalue weighted by Gasteiger charge is 2.26. The van der Waals surface area contributed by atoms with Crippen LogP contribution in [0.5, 0.6) is 0 Å². The van der Waals surface area contributed by atoms with E-state index in [9.17, 15) is 9.59 Å². The minimum Gasteiger partial charge on any atom is -0.366 e. The standard InChI is InChI=1S/C16H23N3O3S/c1-10-3-4-13-11(7-10)8-14(23-13)16(21)18-17-15(20)12-9-19(2)5-6-22-12/h8,10,12H,3-7,9H2,1-2H3,(H,17,20)(H,18,21)/t10-,12+/m1/s1. The molecule has 7 heteroatoms. The van der Waals surface area contributed by atoms with Crippen molar-refractivity contribution in [2.45, 2.75) is 32.3 Å². The lowest BCUT2D eigenvalue weighted by atomic mass is 9.90. The second kappa shape index (κ2) is 6.98. The summed E-state index contributed by atoms with van der Waals surface area (Å²) in [6, 6.07) is 1.96. The highest BCUT2D eigenvalue weighted by molar-refractivity contribution is 7.14. The molecule has 2 N–H and O–H groups in total. The summed E-state index contributed by atoms with van der Waals surface area (Å²) >= 11 is 1.53. The molecule has 1 fully saturated rings. The summed E-state index contributed by atoms with van der Waals surface area (Å²) in [5.41, 5.74) is 6.26. The minimum absolute atomic E-state index is 0.255. The fraction of sp³-hybridized carbons (Fsp3) is 0.625. The van der Waals surface area contributed by atoms with E-state index in [0.717, 1.165) is 19.4 Å². The number of hydrogen-bond donors (Lipinski definition) is 2. The number of aryl methyl sites for hydroxylation is 1. The quantitative estimate of drug-likeness (QED) is 0.789. The molecule has 1 saturated heterocycles. The lowest BCUT2D eigenvalue weighted by Crippen LogP contribution is -2.52. The van der Waals surface area contributed by atoms with Crippen molar-refractivity contribution in [1.29, 1.82) is 0 Å². The molecule has 2 aliphatic rings. The Labute approximate surface area is 140 Å². The van der Waals surface area contributed by atoms with Crippen molar-refractivity contribution in [2.24, 2.45) is 5.92 Å². The molecule has 2 amide bonds. The molecule has 2 atom stereocenters. The molecule has 2 heterocycles. The number of nitrogens with one attached hydrogen (secondary N) is 2. The van der Waals surface area contributed by atoms with Crippen LogP contribution in [0.25, 0.3) is 0 Å². The third-order valence-electron chi connectivity index (χ3n) is 4.41. The summed E-state index contributed by atoms with van der Waals surface area (Å²) < 4.78 is 5.42. The summed E-state index contributed by atoms with van der Waals surface area (Å²) in [7, 11) is 1.94. The van der Waals surface area contributed by atoms with Crippen molar-refractivity contribution in [3.8, 4) is 0 Å². The monoisotopic (exact) mass is 337 g/mol. The summed E-state index contributed by atoms with van der Waals surface area (Å²) in [4.78, 5) is 28.3. The second-order valence-electron chi connectivity index (χ2n) is 6.47. The van der Waals surface area contributed by atoms with E-state index in [1.807, 2.05) is 18.0 Å². The molecule has 0 saturated carbocycles. The van der Waals surface area contributed by atoms with Gasteiger partial charge in [-0.1, -0.05) is 6.92 Å². The van der Waals surface area contributed by atoms with Gasteiger partial charge < -0.3 is 9.64 Å². The first-order valence-electron chi connectivity index (χ1n) is 8.05. The lowest BCUT2D eigenvalue weighted by molar-refractivity contribution is -0.138. The van der Waals surface area contributed by atoms with Crippen molar-refractivity contribution in [3.05, 3.63) is 21.4 Å². The van der Waals surface area contributed by atoms with Crippen LogP contribution in [0.4, 0.5) is 0 Å². The number of likely N-dealkylation sites (N-methyl/N-ethyl adjacent to an activating group) is 1. The number of ether oxygens (including phenoxy) is 1. The Morgan fingerprint density at radius 2 is 2.22 bits per heavy atom. The fourth-order valence-corrected chi connectivity index (χ4v) is 4.12. The average molecular weight is 337 g/mol. The van der Waals surface area contributed by atoms with Gasteiger partial charge in [0.2, 0.25) is 0 Å². The first-order chi connectivity index (χ1) is 11.0. The van der Waals surface area contributed by atoms with Gasteiger partial charge in [0.25, 0.3) is 11.8 Å². The number of fused-ring (bicyclic) bond motifs is 1. The molecule has 126 valence electrons. The fourth-order valence-electron chi connectivity index (χ4n) is 3.01. The van der Waals surface area contributed by atoms with E-state index in [4.69, 9.17) is 4.74 Å². The van der Waals surface area contributed by atoms with Gasteiger partial charge in [0.1, 0.15) is 0 Å². The van der Waals surface area contributed by atoms with Gasteiger partial charge in [-0.15, -0.1) is 11.3 Å². The summed E-state index contributed by atoms with van der Waals surface area (Å²) in [6.45, 7) is 4.11. The Morgan fingerprint density at radius 1 is 1.39 bits per heavy atom. The number of carbonyl (C=O) groups excluding carboxylic acids is 2. The number of rotatable bonds is 2. The molecular weight excluding hydrogens is 314 g/mol. The van der Waals surface area contributed by atoms with E-state index in [1.165, 1.54) is 28.2 Å². The lowest BCUT2D eigenvalue weighted by Gasteiger charge is -2.28. The molecule has 1 aromatic rings. The van der Waals surface area contributed by atoms with Crippen LogP contribution < -0.4 is 10.9 Å². The normalized spacial score (nSPS) is 24.8. The smallest absolute Gasteiger partial charge is 0.279 e. The van der Waals surface area contributed by atoms with E-state index < -0.39 is 6.10 Å². The molecule has 0 unspecified atom stereocenters. The van der Waals surface area contributed by atoms with E-state index in [1.54, 1.807) is 0 Å². The Balaban J connectivity index is 1.54. The number of thiophene rings is 1. The van der Waals surface area contributed by atoms with Crippen LogP contribution in [-0.2, 0) is 22.4 Å². The summed E-state index contributed by atoms with van der Waals surface area (Å²) in [5, 5.41) is 0. The topological polar surface area (TPSA) is 70.7 Å². The van der Waals surface area contributed by atoms with Gasteiger partial charge in [0.15, 0.2) is 6.10 Å². The second-order valence-corrected chi connectivity index (χ2v) is 7.61. The molecule has 0 aromatic carbocycles. The first-order valence-corrected chi connectivity index (χ1v) is 8.86. The SMILES string of the molecule is C[C@@H]1CCc2sc(C(=O)NNC(=O)[C@@H]3CN(C)CCO3)cc2C1. The maximum absolute atomic E-state index is 12.2. The number of amides is 2.